The second-order valence-corrected chi connectivity index (χ2v) is 7.08. The van der Waals surface area contributed by atoms with Gasteiger partial charge in [0.1, 0.15) is 0 Å². The fourth-order valence-corrected chi connectivity index (χ4v) is 3.27. The van der Waals surface area contributed by atoms with Gasteiger partial charge in [0, 0.05) is 19.6 Å². The number of nitrogens with one attached hydrogen (secondary N) is 1. The van der Waals surface area contributed by atoms with Crippen LogP contribution >= 0.6 is 0 Å². The normalized spacial score (nSPS) is 20.9. The van der Waals surface area contributed by atoms with Gasteiger partial charge in [-0.25, -0.2) is 13.1 Å². The van der Waals surface area contributed by atoms with Gasteiger partial charge in [0.25, 0.3) is 0 Å². The molecule has 0 saturated carbocycles. The van der Waals surface area contributed by atoms with E-state index in [1.807, 2.05) is 37.4 Å². The van der Waals surface area contributed by atoms with Gasteiger partial charge in [-0.2, -0.15) is 0 Å². The third-order valence-electron chi connectivity index (χ3n) is 3.38. The van der Waals surface area contributed by atoms with Gasteiger partial charge >= 0.3 is 0 Å². The van der Waals surface area contributed by atoms with Crippen LogP contribution in [0.15, 0.2) is 30.3 Å². The molecule has 1 N–H and O–H groups in total. The number of aryl methyl sites for hydroxylation is 1. The van der Waals surface area contributed by atoms with Crippen LogP contribution in [0.4, 0.5) is 0 Å². The largest absolute Gasteiger partial charge is 0.374 e. The molecule has 5 nitrogen and oxygen atoms in total. The molecular formula is C14H22N2O3S. The van der Waals surface area contributed by atoms with Gasteiger partial charge in [-0.1, -0.05) is 30.3 Å². The number of rotatable bonds is 6. The molecule has 1 heterocycles. The molecule has 0 bridgehead atoms. The van der Waals surface area contributed by atoms with Crippen molar-refractivity contribution in [2.45, 2.75) is 12.5 Å². The molecule has 0 aromatic heterocycles. The van der Waals surface area contributed by atoms with Crippen LogP contribution < -0.4 is 4.72 Å². The number of likely N-dealkylation sites (N-methyl/N-ethyl adjacent to an activating group) is 1. The summed E-state index contributed by atoms with van der Waals surface area (Å²) in [5.41, 5.74) is 1.03. The standard InChI is InChI=1S/C14H22N2O3S/c1-16-8-9-19-14(12-16)11-15-20(17,18)10-7-13-5-3-2-4-6-13/h2-6,14-15H,7-12H2,1H3. The minimum atomic E-state index is -3.25. The van der Waals surface area contributed by atoms with Crippen molar-refractivity contribution in [1.29, 1.82) is 0 Å². The summed E-state index contributed by atoms with van der Waals surface area (Å²) in [5.74, 6) is 0.111. The van der Waals surface area contributed by atoms with E-state index in [2.05, 4.69) is 9.62 Å². The fraction of sp³-hybridized carbons (Fsp3) is 0.571. The molecule has 1 aliphatic heterocycles. The molecule has 1 aliphatic rings. The lowest BCUT2D eigenvalue weighted by Crippen LogP contribution is -2.46. The van der Waals surface area contributed by atoms with Crippen LogP contribution in [0, 0.1) is 0 Å². The fourth-order valence-electron chi connectivity index (χ4n) is 2.18. The second kappa shape index (κ2) is 7.17. The lowest BCUT2D eigenvalue weighted by molar-refractivity contribution is -0.0156. The minimum Gasteiger partial charge on any atom is -0.374 e. The minimum absolute atomic E-state index is 0.0553. The Balaban J connectivity index is 1.76. The average Bonchev–Trinajstić information content (AvgIpc) is 2.45. The molecule has 6 heteroatoms. The number of benzene rings is 1. The molecule has 1 fully saturated rings. The van der Waals surface area contributed by atoms with Gasteiger partial charge in [-0.3, -0.25) is 0 Å². The first-order chi connectivity index (χ1) is 9.55. The Morgan fingerprint density at radius 3 is 2.80 bits per heavy atom. The van der Waals surface area contributed by atoms with Crippen molar-refractivity contribution in [2.75, 3.05) is 39.0 Å². The summed E-state index contributed by atoms with van der Waals surface area (Å²) < 4.78 is 32.1. The Hall–Kier alpha value is -0.950. The van der Waals surface area contributed by atoms with E-state index in [1.165, 1.54) is 0 Å². The Kier molecular flexibility index (Phi) is 5.54. The summed E-state index contributed by atoms with van der Waals surface area (Å²) >= 11 is 0. The molecule has 0 amide bonds. The Morgan fingerprint density at radius 1 is 1.35 bits per heavy atom. The van der Waals surface area contributed by atoms with Gasteiger partial charge in [0.05, 0.1) is 18.5 Å². The van der Waals surface area contributed by atoms with Crippen molar-refractivity contribution in [2.24, 2.45) is 0 Å². The SMILES string of the molecule is CN1CCOC(CNS(=O)(=O)CCc2ccccc2)C1. The van der Waals surface area contributed by atoms with Crippen LogP contribution in [0.3, 0.4) is 0 Å². The van der Waals surface area contributed by atoms with E-state index in [9.17, 15) is 8.42 Å². The molecule has 0 spiro atoms. The molecule has 1 saturated heterocycles. The van der Waals surface area contributed by atoms with Crippen LogP contribution in [0.5, 0.6) is 0 Å². The van der Waals surface area contributed by atoms with E-state index in [-0.39, 0.29) is 11.9 Å². The van der Waals surface area contributed by atoms with Crippen LogP contribution in [0.25, 0.3) is 0 Å². The smallest absolute Gasteiger partial charge is 0.212 e. The number of morpholine rings is 1. The zero-order valence-electron chi connectivity index (χ0n) is 11.8. The van der Waals surface area contributed by atoms with E-state index in [0.29, 0.717) is 19.6 Å². The Morgan fingerprint density at radius 2 is 2.10 bits per heavy atom. The van der Waals surface area contributed by atoms with Gasteiger partial charge in [-0.15, -0.1) is 0 Å². The summed E-state index contributed by atoms with van der Waals surface area (Å²) in [6.07, 6.45) is 0.474. The molecule has 1 aromatic rings. The maximum absolute atomic E-state index is 11.9. The van der Waals surface area contributed by atoms with Crippen LogP contribution in [-0.2, 0) is 21.2 Å². The highest BCUT2D eigenvalue weighted by Crippen LogP contribution is 2.04. The highest BCUT2D eigenvalue weighted by atomic mass is 32.2. The number of sulfonamides is 1. The van der Waals surface area contributed by atoms with E-state index in [4.69, 9.17) is 4.74 Å². The van der Waals surface area contributed by atoms with Gasteiger partial charge in [0.15, 0.2) is 0 Å². The van der Waals surface area contributed by atoms with Crippen molar-refractivity contribution < 1.29 is 13.2 Å². The topological polar surface area (TPSA) is 58.6 Å². The molecule has 112 valence electrons. The van der Waals surface area contributed by atoms with Crippen LogP contribution in [0.2, 0.25) is 0 Å². The summed E-state index contributed by atoms with van der Waals surface area (Å²) in [5, 5.41) is 0. The average molecular weight is 298 g/mol. The lowest BCUT2D eigenvalue weighted by Gasteiger charge is -2.30. The van der Waals surface area contributed by atoms with Gasteiger partial charge in [-0.05, 0) is 19.0 Å². The van der Waals surface area contributed by atoms with Gasteiger partial charge < -0.3 is 9.64 Å². The first kappa shape index (κ1) is 15.4. The third kappa shape index (κ3) is 5.20. The molecule has 1 atom stereocenters. The summed E-state index contributed by atoms with van der Waals surface area (Å²) in [7, 11) is -1.23. The zero-order valence-corrected chi connectivity index (χ0v) is 12.6. The van der Waals surface area contributed by atoms with Crippen molar-refractivity contribution in [1.82, 2.24) is 9.62 Å². The van der Waals surface area contributed by atoms with E-state index < -0.39 is 10.0 Å². The van der Waals surface area contributed by atoms with E-state index >= 15 is 0 Å². The first-order valence-corrected chi connectivity index (χ1v) is 8.52. The second-order valence-electron chi connectivity index (χ2n) is 5.16. The molecule has 1 unspecified atom stereocenters. The molecule has 20 heavy (non-hydrogen) atoms. The van der Waals surface area contributed by atoms with Crippen molar-refractivity contribution >= 4 is 10.0 Å². The van der Waals surface area contributed by atoms with E-state index in [0.717, 1.165) is 18.7 Å². The maximum atomic E-state index is 11.9. The number of hydrogen-bond acceptors (Lipinski definition) is 4. The molecule has 1 aromatic carbocycles. The predicted molar refractivity (Wildman–Crippen MR) is 79.2 cm³/mol. The van der Waals surface area contributed by atoms with Crippen LogP contribution in [0.1, 0.15) is 5.56 Å². The van der Waals surface area contributed by atoms with E-state index in [1.54, 1.807) is 0 Å². The predicted octanol–water partition coefficient (Wildman–Crippen LogP) is 0.479. The van der Waals surface area contributed by atoms with Crippen LogP contribution in [-0.4, -0.2) is 58.5 Å². The number of ether oxygens (including phenoxy) is 1. The Labute approximate surface area is 121 Å². The summed E-state index contributed by atoms with van der Waals surface area (Å²) in [6, 6.07) is 9.64. The lowest BCUT2D eigenvalue weighted by atomic mass is 10.2. The first-order valence-electron chi connectivity index (χ1n) is 6.86. The van der Waals surface area contributed by atoms with Gasteiger partial charge in [0.2, 0.25) is 10.0 Å². The molecular weight excluding hydrogens is 276 g/mol. The molecule has 0 aliphatic carbocycles. The highest BCUT2D eigenvalue weighted by molar-refractivity contribution is 7.89. The monoisotopic (exact) mass is 298 g/mol. The molecule has 2 rings (SSSR count). The number of hydrogen-bond donors (Lipinski definition) is 1. The number of nitrogens with zero attached hydrogens (tertiary/aromatic N) is 1. The van der Waals surface area contributed by atoms with Crippen molar-refractivity contribution in [3.63, 3.8) is 0 Å². The quantitative estimate of drug-likeness (QED) is 0.830. The maximum Gasteiger partial charge on any atom is 0.212 e. The Bertz CT molecular complexity index is 504. The summed E-state index contributed by atoms with van der Waals surface area (Å²) in [6.45, 7) is 2.67. The van der Waals surface area contributed by atoms with Crippen molar-refractivity contribution in [3.05, 3.63) is 35.9 Å². The summed E-state index contributed by atoms with van der Waals surface area (Å²) in [4.78, 5) is 2.15. The molecule has 0 radical (unpaired) electrons. The highest BCUT2D eigenvalue weighted by Gasteiger charge is 2.20. The van der Waals surface area contributed by atoms with Crippen molar-refractivity contribution in [3.8, 4) is 0 Å². The zero-order chi connectivity index (χ0) is 14.4. The third-order valence-corrected chi connectivity index (χ3v) is 4.72.